The van der Waals surface area contributed by atoms with Crippen LogP contribution < -0.4 is 30.3 Å². The first-order valence-corrected chi connectivity index (χ1v) is 11.4. The third-order valence-electron chi connectivity index (χ3n) is 4.98. The molecule has 0 aromatic heterocycles. The average Bonchev–Trinajstić information content (AvgIpc) is 2.90. The minimum absolute atomic E-state index is 0.207. The normalized spacial score (nSPS) is 10.5. The van der Waals surface area contributed by atoms with E-state index in [0.29, 0.717) is 40.8 Å². The van der Waals surface area contributed by atoms with Gasteiger partial charge in [0, 0.05) is 11.4 Å². The molecule has 0 aliphatic heterocycles. The number of anilines is 2. The van der Waals surface area contributed by atoms with E-state index < -0.39 is 11.8 Å². The van der Waals surface area contributed by atoms with Crippen molar-refractivity contribution in [3.8, 4) is 17.2 Å². The van der Waals surface area contributed by atoms with Crippen LogP contribution in [0.4, 0.5) is 11.4 Å². The Kier molecular flexibility index (Phi) is 9.60. The van der Waals surface area contributed by atoms with Crippen LogP contribution in [-0.4, -0.2) is 44.3 Å². The van der Waals surface area contributed by atoms with Crippen molar-refractivity contribution in [2.75, 3.05) is 31.0 Å². The maximum atomic E-state index is 12.3. The molecule has 0 bridgehead atoms. The Morgan fingerprint density at radius 2 is 1.65 bits per heavy atom. The molecule has 0 unspecified atom stereocenters. The Bertz CT molecular complexity index is 1270. The molecule has 0 saturated carbocycles. The molecule has 3 N–H and O–H groups in total. The number of aryl methyl sites for hydroxylation is 1. The van der Waals surface area contributed by atoms with Gasteiger partial charge < -0.3 is 24.8 Å². The third-order valence-corrected chi connectivity index (χ3v) is 4.98. The minimum Gasteiger partial charge on any atom is -0.497 e. The topological polar surface area (TPSA) is 127 Å². The van der Waals surface area contributed by atoms with Gasteiger partial charge in [-0.1, -0.05) is 18.2 Å². The summed E-state index contributed by atoms with van der Waals surface area (Å²) in [4.78, 5) is 36.4. The maximum absolute atomic E-state index is 12.3. The highest BCUT2D eigenvalue weighted by atomic mass is 16.5. The molecule has 3 amide bonds. The van der Waals surface area contributed by atoms with Gasteiger partial charge in [0.25, 0.3) is 5.91 Å². The van der Waals surface area contributed by atoms with Crippen LogP contribution in [0.3, 0.4) is 0 Å². The zero-order valence-corrected chi connectivity index (χ0v) is 20.7. The molecule has 0 spiro atoms. The van der Waals surface area contributed by atoms with Gasteiger partial charge in [0.15, 0.2) is 18.1 Å². The molecular weight excluding hydrogens is 476 g/mol. The number of amides is 3. The SMILES string of the molecule is CCOc1cc(/C=N\NC(=O)C(=O)Nc2ccc(OC)cc2)ccc1OCC(=O)Nc1ccccc1C. The number of carbonyl (C=O) groups is 3. The van der Waals surface area contributed by atoms with Crippen LogP contribution in [0.5, 0.6) is 17.2 Å². The van der Waals surface area contributed by atoms with Crippen LogP contribution in [-0.2, 0) is 14.4 Å². The smallest absolute Gasteiger partial charge is 0.329 e. The number of methoxy groups -OCH3 is 1. The highest BCUT2D eigenvalue weighted by molar-refractivity contribution is 6.39. The Labute approximate surface area is 214 Å². The fraction of sp³-hybridized carbons (Fsp3) is 0.185. The molecule has 10 heteroatoms. The van der Waals surface area contributed by atoms with E-state index in [1.54, 1.807) is 42.5 Å². The summed E-state index contributed by atoms with van der Waals surface area (Å²) in [5.74, 6) is -0.708. The predicted octanol–water partition coefficient (Wildman–Crippen LogP) is 3.51. The van der Waals surface area contributed by atoms with E-state index in [9.17, 15) is 14.4 Å². The van der Waals surface area contributed by atoms with Gasteiger partial charge in [0.05, 0.1) is 19.9 Å². The molecule has 0 heterocycles. The van der Waals surface area contributed by atoms with Gasteiger partial charge in [0.1, 0.15) is 5.75 Å². The van der Waals surface area contributed by atoms with Crippen molar-refractivity contribution in [1.29, 1.82) is 0 Å². The van der Waals surface area contributed by atoms with Crippen molar-refractivity contribution in [1.82, 2.24) is 5.43 Å². The molecule has 0 radical (unpaired) electrons. The van der Waals surface area contributed by atoms with E-state index in [4.69, 9.17) is 14.2 Å². The van der Waals surface area contributed by atoms with Crippen LogP contribution in [0.2, 0.25) is 0 Å². The molecule has 37 heavy (non-hydrogen) atoms. The quantitative estimate of drug-likeness (QED) is 0.220. The number of carbonyl (C=O) groups excluding carboxylic acids is 3. The Morgan fingerprint density at radius 1 is 0.892 bits per heavy atom. The molecule has 3 aromatic rings. The number of ether oxygens (including phenoxy) is 3. The molecule has 0 aliphatic carbocycles. The Balaban J connectivity index is 1.55. The third kappa shape index (κ3) is 8.10. The van der Waals surface area contributed by atoms with Gasteiger partial charge in [-0.05, 0) is 73.5 Å². The van der Waals surface area contributed by atoms with Crippen molar-refractivity contribution < 1.29 is 28.6 Å². The second-order valence-corrected chi connectivity index (χ2v) is 7.67. The van der Waals surface area contributed by atoms with Crippen LogP contribution in [0.25, 0.3) is 0 Å². The van der Waals surface area contributed by atoms with Crippen molar-refractivity contribution in [2.45, 2.75) is 13.8 Å². The fourth-order valence-electron chi connectivity index (χ4n) is 3.11. The number of rotatable bonds is 10. The summed E-state index contributed by atoms with van der Waals surface area (Å²) in [6, 6.07) is 18.9. The standard InChI is InChI=1S/C27H28N4O6/c1-4-36-24-15-19(9-14-23(24)37-17-25(32)30-22-8-6-5-7-18(22)2)16-28-31-27(34)26(33)29-20-10-12-21(35-3)13-11-20/h5-16H,4,17H2,1-3H3,(H,29,33)(H,30,32)(H,31,34)/b28-16-. The lowest BCUT2D eigenvalue weighted by Crippen LogP contribution is -2.32. The van der Waals surface area contributed by atoms with Gasteiger partial charge in [-0.2, -0.15) is 5.10 Å². The molecule has 10 nitrogen and oxygen atoms in total. The lowest BCUT2D eigenvalue weighted by Gasteiger charge is -2.13. The minimum atomic E-state index is -0.934. The summed E-state index contributed by atoms with van der Waals surface area (Å²) in [6.07, 6.45) is 1.36. The van der Waals surface area contributed by atoms with E-state index in [0.717, 1.165) is 5.56 Å². The van der Waals surface area contributed by atoms with Gasteiger partial charge in [-0.15, -0.1) is 0 Å². The highest BCUT2D eigenvalue weighted by Crippen LogP contribution is 2.28. The molecular formula is C27H28N4O6. The van der Waals surface area contributed by atoms with Gasteiger partial charge in [0.2, 0.25) is 0 Å². The number of nitrogens with zero attached hydrogens (tertiary/aromatic N) is 1. The lowest BCUT2D eigenvalue weighted by atomic mass is 10.2. The average molecular weight is 505 g/mol. The fourth-order valence-corrected chi connectivity index (χ4v) is 3.11. The van der Waals surface area contributed by atoms with E-state index in [2.05, 4.69) is 21.2 Å². The Hall–Kier alpha value is -4.86. The summed E-state index contributed by atoms with van der Waals surface area (Å²) in [6.45, 7) is 3.88. The summed E-state index contributed by atoms with van der Waals surface area (Å²) in [5, 5.41) is 9.10. The zero-order valence-electron chi connectivity index (χ0n) is 20.7. The first kappa shape index (κ1) is 26.7. The van der Waals surface area contributed by atoms with Gasteiger partial charge in [-0.3, -0.25) is 14.4 Å². The number of nitrogens with one attached hydrogen (secondary N) is 3. The molecule has 3 rings (SSSR count). The molecule has 192 valence electrons. The summed E-state index contributed by atoms with van der Waals surface area (Å²) in [7, 11) is 1.53. The van der Waals surface area contributed by atoms with E-state index in [1.165, 1.54) is 13.3 Å². The molecule has 0 saturated heterocycles. The maximum Gasteiger partial charge on any atom is 0.329 e. The zero-order chi connectivity index (χ0) is 26.6. The number of hydrogen-bond acceptors (Lipinski definition) is 7. The highest BCUT2D eigenvalue weighted by Gasteiger charge is 2.13. The summed E-state index contributed by atoms with van der Waals surface area (Å²) >= 11 is 0. The molecule has 0 fully saturated rings. The van der Waals surface area contributed by atoms with E-state index in [-0.39, 0.29) is 12.5 Å². The molecule has 3 aromatic carbocycles. The van der Waals surface area contributed by atoms with Crippen LogP contribution >= 0.6 is 0 Å². The number of hydrogen-bond donors (Lipinski definition) is 3. The van der Waals surface area contributed by atoms with Crippen molar-refractivity contribution in [3.05, 3.63) is 77.9 Å². The summed E-state index contributed by atoms with van der Waals surface area (Å²) < 4.78 is 16.3. The van der Waals surface area contributed by atoms with Crippen molar-refractivity contribution in [3.63, 3.8) is 0 Å². The second-order valence-electron chi connectivity index (χ2n) is 7.67. The monoisotopic (exact) mass is 504 g/mol. The van der Waals surface area contributed by atoms with E-state index in [1.807, 2.05) is 38.1 Å². The second kappa shape index (κ2) is 13.3. The van der Waals surface area contributed by atoms with Crippen molar-refractivity contribution in [2.24, 2.45) is 5.10 Å². The van der Waals surface area contributed by atoms with E-state index >= 15 is 0 Å². The van der Waals surface area contributed by atoms with Gasteiger partial charge >= 0.3 is 11.8 Å². The Morgan fingerprint density at radius 3 is 2.35 bits per heavy atom. The first-order valence-electron chi connectivity index (χ1n) is 11.4. The predicted molar refractivity (Wildman–Crippen MR) is 140 cm³/mol. The first-order chi connectivity index (χ1) is 17.9. The van der Waals surface area contributed by atoms with Crippen LogP contribution in [0, 0.1) is 6.92 Å². The molecule has 0 aliphatic rings. The van der Waals surface area contributed by atoms with Gasteiger partial charge in [-0.25, -0.2) is 5.43 Å². The van der Waals surface area contributed by atoms with Crippen LogP contribution in [0.1, 0.15) is 18.1 Å². The number of benzene rings is 3. The largest absolute Gasteiger partial charge is 0.497 e. The lowest BCUT2D eigenvalue weighted by molar-refractivity contribution is -0.136. The molecule has 0 atom stereocenters. The number of para-hydroxylation sites is 1. The number of hydrazone groups is 1. The summed E-state index contributed by atoms with van der Waals surface area (Å²) in [5.41, 5.74) is 4.85. The van der Waals surface area contributed by atoms with Crippen molar-refractivity contribution >= 4 is 35.3 Å². The van der Waals surface area contributed by atoms with Crippen LogP contribution in [0.15, 0.2) is 71.8 Å².